The molecular weight excluding hydrogens is 526 g/mol. The first-order valence-corrected chi connectivity index (χ1v) is 13.9. The van der Waals surface area contributed by atoms with E-state index in [2.05, 4.69) is 15.4 Å². The molecule has 1 aromatic heterocycles. The monoisotopic (exact) mass is 565 g/mol. The molecule has 0 radical (unpaired) electrons. The summed E-state index contributed by atoms with van der Waals surface area (Å²) < 4.78 is 16.1. The van der Waals surface area contributed by atoms with Gasteiger partial charge in [-0.25, -0.2) is 4.79 Å². The summed E-state index contributed by atoms with van der Waals surface area (Å²) in [5.74, 6) is -1.16. The molecule has 41 heavy (non-hydrogen) atoms. The summed E-state index contributed by atoms with van der Waals surface area (Å²) in [6.07, 6.45) is 0.380. The summed E-state index contributed by atoms with van der Waals surface area (Å²) in [5, 5.41) is 28.1. The molecule has 3 aromatic rings. The van der Waals surface area contributed by atoms with Crippen LogP contribution in [0.15, 0.2) is 40.9 Å². The predicted molar refractivity (Wildman–Crippen MR) is 154 cm³/mol. The van der Waals surface area contributed by atoms with Crippen LogP contribution in [0.4, 0.5) is 0 Å². The first-order chi connectivity index (χ1) is 19.6. The lowest BCUT2D eigenvalue weighted by Gasteiger charge is -2.26. The van der Waals surface area contributed by atoms with E-state index in [-0.39, 0.29) is 40.4 Å². The van der Waals surface area contributed by atoms with Crippen LogP contribution < -0.4 is 5.32 Å². The van der Waals surface area contributed by atoms with Crippen molar-refractivity contribution in [3.63, 3.8) is 0 Å². The van der Waals surface area contributed by atoms with Crippen molar-refractivity contribution >= 4 is 11.9 Å². The van der Waals surface area contributed by atoms with E-state index in [0.29, 0.717) is 36.3 Å². The number of methoxy groups -OCH3 is 1. The van der Waals surface area contributed by atoms with E-state index in [1.165, 1.54) is 13.2 Å². The van der Waals surface area contributed by atoms with Crippen LogP contribution in [0.25, 0.3) is 22.5 Å². The minimum atomic E-state index is -0.869. The lowest BCUT2D eigenvalue weighted by atomic mass is 9.93. The van der Waals surface area contributed by atoms with Gasteiger partial charge in [0.1, 0.15) is 17.5 Å². The van der Waals surface area contributed by atoms with Gasteiger partial charge in [-0.05, 0) is 41.0 Å². The van der Waals surface area contributed by atoms with Gasteiger partial charge in [-0.3, -0.25) is 9.69 Å². The molecule has 0 saturated carbocycles. The van der Waals surface area contributed by atoms with Crippen LogP contribution in [0, 0.1) is 5.92 Å². The van der Waals surface area contributed by atoms with Crippen molar-refractivity contribution in [3.8, 4) is 33.9 Å². The Hall–Kier alpha value is -3.89. The van der Waals surface area contributed by atoms with Crippen molar-refractivity contribution in [2.45, 2.75) is 52.6 Å². The van der Waals surface area contributed by atoms with Crippen LogP contribution in [0.5, 0.6) is 11.5 Å². The van der Waals surface area contributed by atoms with E-state index in [1.807, 2.05) is 52.0 Å². The summed E-state index contributed by atoms with van der Waals surface area (Å²) in [6, 6.07) is 9.77. The summed E-state index contributed by atoms with van der Waals surface area (Å²) in [5.41, 5.74) is 2.97. The Morgan fingerprint density at radius 1 is 1.05 bits per heavy atom. The topological polar surface area (TPSA) is 134 Å². The van der Waals surface area contributed by atoms with E-state index in [9.17, 15) is 19.8 Å². The maximum absolute atomic E-state index is 13.6. The standard InChI is InChI=1S/C31H39N3O7/c1-18(2)14-24(31(38)39-5)32-30(37)28-27(21-8-6-20(7-9-21)17-34-10-12-40-13-11-34)29(41-33-28)23-15-22(19(3)4)25(35)16-26(23)36/h6-9,15-16,18-19,24,35-36H,10-14,17H2,1-5H3,(H,32,37)/t24-/m1/s1. The molecule has 0 spiro atoms. The number of benzene rings is 2. The van der Waals surface area contributed by atoms with E-state index in [1.54, 1.807) is 6.07 Å². The Morgan fingerprint density at radius 2 is 1.73 bits per heavy atom. The molecule has 1 fully saturated rings. The number of aromatic nitrogens is 1. The molecule has 1 aliphatic heterocycles. The number of carbonyl (C=O) groups excluding carboxylic acids is 2. The number of rotatable bonds is 10. The SMILES string of the molecule is COC(=O)[C@@H](CC(C)C)NC(=O)c1noc(-c2cc(C(C)C)c(O)cc2O)c1-c1ccc(CN2CCOCC2)cc1. The van der Waals surface area contributed by atoms with Gasteiger partial charge in [-0.15, -0.1) is 0 Å². The van der Waals surface area contributed by atoms with E-state index >= 15 is 0 Å². The lowest BCUT2D eigenvalue weighted by molar-refractivity contribution is -0.143. The fraction of sp³-hybridized carbons (Fsp3) is 0.452. The van der Waals surface area contributed by atoms with Gasteiger partial charge in [-0.2, -0.15) is 0 Å². The van der Waals surface area contributed by atoms with Crippen LogP contribution in [0.2, 0.25) is 0 Å². The molecule has 1 amide bonds. The fourth-order valence-corrected chi connectivity index (χ4v) is 4.98. The number of phenolic OH excluding ortho intramolecular Hbond substituents is 2. The minimum absolute atomic E-state index is 0.0304. The number of esters is 1. The van der Waals surface area contributed by atoms with Gasteiger partial charge >= 0.3 is 5.97 Å². The molecule has 1 aliphatic rings. The first kappa shape index (κ1) is 30.1. The van der Waals surface area contributed by atoms with Crippen molar-refractivity contribution in [1.82, 2.24) is 15.4 Å². The van der Waals surface area contributed by atoms with Gasteiger partial charge in [0.15, 0.2) is 11.5 Å². The van der Waals surface area contributed by atoms with Crippen LogP contribution in [-0.2, 0) is 20.8 Å². The summed E-state index contributed by atoms with van der Waals surface area (Å²) in [6.45, 7) is 11.6. The van der Waals surface area contributed by atoms with Gasteiger partial charge in [0.25, 0.3) is 5.91 Å². The largest absolute Gasteiger partial charge is 0.508 e. The third kappa shape index (κ3) is 7.07. The van der Waals surface area contributed by atoms with Gasteiger partial charge in [0, 0.05) is 25.7 Å². The van der Waals surface area contributed by atoms with Crippen LogP contribution in [0.3, 0.4) is 0 Å². The number of morpholine rings is 1. The summed E-state index contributed by atoms with van der Waals surface area (Å²) in [4.78, 5) is 28.3. The third-order valence-corrected chi connectivity index (χ3v) is 7.17. The highest BCUT2D eigenvalue weighted by molar-refractivity contribution is 6.04. The van der Waals surface area contributed by atoms with Crippen molar-refractivity contribution in [2.75, 3.05) is 33.4 Å². The second-order valence-electron chi connectivity index (χ2n) is 11.1. The molecule has 220 valence electrons. The molecule has 3 N–H and O–H groups in total. The van der Waals surface area contributed by atoms with Gasteiger partial charge in [-0.1, -0.05) is 57.1 Å². The molecule has 0 aliphatic carbocycles. The highest BCUT2D eigenvalue weighted by Gasteiger charge is 2.30. The molecular formula is C31H39N3O7. The summed E-state index contributed by atoms with van der Waals surface area (Å²) >= 11 is 0. The van der Waals surface area contributed by atoms with Crippen molar-refractivity contribution in [3.05, 3.63) is 53.2 Å². The number of hydrogen-bond acceptors (Lipinski definition) is 9. The van der Waals surface area contributed by atoms with Crippen LogP contribution >= 0.6 is 0 Å². The maximum atomic E-state index is 13.6. The number of aromatic hydroxyl groups is 2. The number of nitrogens with one attached hydrogen (secondary N) is 1. The van der Waals surface area contributed by atoms with Gasteiger partial charge in [0.2, 0.25) is 0 Å². The molecule has 1 saturated heterocycles. The fourth-order valence-electron chi connectivity index (χ4n) is 4.98. The Morgan fingerprint density at radius 3 is 2.34 bits per heavy atom. The number of hydrogen-bond donors (Lipinski definition) is 3. The summed E-state index contributed by atoms with van der Waals surface area (Å²) in [7, 11) is 1.28. The number of amides is 1. The normalized spacial score (nSPS) is 14.8. The predicted octanol–water partition coefficient (Wildman–Crippen LogP) is 4.69. The quantitative estimate of drug-likeness (QED) is 0.299. The van der Waals surface area contributed by atoms with Crippen molar-refractivity contribution < 1.29 is 33.8 Å². The molecule has 1 atom stereocenters. The third-order valence-electron chi connectivity index (χ3n) is 7.17. The molecule has 2 heterocycles. The number of nitrogens with zero attached hydrogens (tertiary/aromatic N) is 2. The van der Waals surface area contributed by atoms with Crippen LogP contribution in [-0.4, -0.2) is 71.6 Å². The molecule has 10 heteroatoms. The average Bonchev–Trinajstić information content (AvgIpc) is 3.38. The first-order valence-electron chi connectivity index (χ1n) is 13.9. The Kier molecular flexibility index (Phi) is 9.67. The van der Waals surface area contributed by atoms with Crippen molar-refractivity contribution in [2.24, 2.45) is 5.92 Å². The smallest absolute Gasteiger partial charge is 0.328 e. The Labute approximate surface area is 240 Å². The van der Waals surface area contributed by atoms with E-state index in [4.69, 9.17) is 14.0 Å². The maximum Gasteiger partial charge on any atom is 0.328 e. The second kappa shape index (κ2) is 13.2. The molecule has 0 unspecified atom stereocenters. The van der Waals surface area contributed by atoms with E-state index < -0.39 is 17.9 Å². The highest BCUT2D eigenvalue weighted by Crippen LogP contribution is 2.43. The Balaban J connectivity index is 1.77. The van der Waals surface area contributed by atoms with Gasteiger partial charge in [0.05, 0.1) is 31.5 Å². The number of carbonyl (C=O) groups is 2. The molecule has 10 nitrogen and oxygen atoms in total. The van der Waals surface area contributed by atoms with Gasteiger partial charge < -0.3 is 29.5 Å². The average molecular weight is 566 g/mol. The zero-order chi connectivity index (χ0) is 29.7. The molecule has 4 rings (SSSR count). The minimum Gasteiger partial charge on any atom is -0.508 e. The van der Waals surface area contributed by atoms with E-state index in [0.717, 1.165) is 25.2 Å². The number of phenols is 2. The molecule has 0 bridgehead atoms. The molecule has 2 aromatic carbocycles. The lowest BCUT2D eigenvalue weighted by Crippen LogP contribution is -2.42. The zero-order valence-electron chi connectivity index (χ0n) is 24.3. The highest BCUT2D eigenvalue weighted by atomic mass is 16.5. The number of ether oxygens (including phenoxy) is 2. The zero-order valence-corrected chi connectivity index (χ0v) is 24.3. The van der Waals surface area contributed by atoms with Crippen molar-refractivity contribution in [1.29, 1.82) is 0 Å². The second-order valence-corrected chi connectivity index (χ2v) is 11.1. The Bertz CT molecular complexity index is 1360. The van der Waals surface area contributed by atoms with Crippen LogP contribution in [0.1, 0.15) is 61.6 Å².